The number of ether oxygens (including phenoxy) is 1. The normalized spacial score (nSPS) is 13.9. The summed E-state index contributed by atoms with van der Waals surface area (Å²) in [6.07, 6.45) is 4.11. The van der Waals surface area contributed by atoms with Crippen LogP contribution in [0, 0.1) is 6.92 Å². The number of carbonyl (C=O) groups is 2. The van der Waals surface area contributed by atoms with Crippen LogP contribution in [0.1, 0.15) is 42.4 Å². The summed E-state index contributed by atoms with van der Waals surface area (Å²) in [7, 11) is -2.77. The van der Waals surface area contributed by atoms with Gasteiger partial charge in [-0.1, -0.05) is 103 Å². The first-order chi connectivity index (χ1) is 22.7. The van der Waals surface area contributed by atoms with Gasteiger partial charge in [-0.05, 0) is 61.2 Å². The highest BCUT2D eigenvalue weighted by molar-refractivity contribution is 7.92. The lowest BCUT2D eigenvalue weighted by Crippen LogP contribution is -2.54. The summed E-state index contributed by atoms with van der Waals surface area (Å²) in [6.45, 7) is 1.51. The first kappa shape index (κ1) is 34.0. The summed E-state index contributed by atoms with van der Waals surface area (Å²) in [5.41, 5.74) is 2.91. The second kappa shape index (κ2) is 15.5. The molecule has 5 rings (SSSR count). The minimum absolute atomic E-state index is 0.0183. The quantitative estimate of drug-likeness (QED) is 0.174. The SMILES string of the molecule is COc1ccc(N(CC(=O)N(Cc2cccc(C)c2)[C@H](Cc2ccccc2)C(=O)NC2CCCC2)S(=O)(=O)c2ccccc2)cc1Cl. The smallest absolute Gasteiger partial charge is 0.264 e. The van der Waals surface area contributed by atoms with E-state index in [0.717, 1.165) is 46.7 Å². The van der Waals surface area contributed by atoms with Crippen LogP contribution in [0.5, 0.6) is 5.75 Å². The molecule has 1 aliphatic carbocycles. The zero-order chi connectivity index (χ0) is 33.4. The molecule has 0 unspecified atom stereocenters. The summed E-state index contributed by atoms with van der Waals surface area (Å²) in [4.78, 5) is 30.3. The predicted octanol–water partition coefficient (Wildman–Crippen LogP) is 6.55. The Kier molecular flexibility index (Phi) is 11.2. The molecular formula is C37H40ClN3O5S. The predicted molar refractivity (Wildman–Crippen MR) is 185 cm³/mol. The van der Waals surface area contributed by atoms with Crippen molar-refractivity contribution in [3.05, 3.63) is 125 Å². The van der Waals surface area contributed by atoms with Gasteiger partial charge in [-0.2, -0.15) is 0 Å². The summed E-state index contributed by atoms with van der Waals surface area (Å²) < 4.78 is 34.7. The lowest BCUT2D eigenvalue weighted by molar-refractivity contribution is -0.140. The number of sulfonamides is 1. The summed E-state index contributed by atoms with van der Waals surface area (Å²) in [6, 6.07) is 29.0. The van der Waals surface area contributed by atoms with E-state index in [2.05, 4.69) is 5.32 Å². The third-order valence-corrected chi connectivity index (χ3v) is 10.5. The van der Waals surface area contributed by atoms with Crippen molar-refractivity contribution in [2.24, 2.45) is 0 Å². The summed E-state index contributed by atoms with van der Waals surface area (Å²) in [5.74, 6) is -0.418. The van der Waals surface area contributed by atoms with Crippen LogP contribution in [-0.2, 0) is 32.6 Å². The monoisotopic (exact) mass is 673 g/mol. The van der Waals surface area contributed by atoms with Crippen molar-refractivity contribution < 1.29 is 22.7 Å². The van der Waals surface area contributed by atoms with E-state index >= 15 is 0 Å². The van der Waals surface area contributed by atoms with Crippen molar-refractivity contribution in [1.82, 2.24) is 10.2 Å². The molecule has 1 N–H and O–H groups in total. The minimum Gasteiger partial charge on any atom is -0.495 e. The van der Waals surface area contributed by atoms with E-state index in [1.807, 2.05) is 61.5 Å². The van der Waals surface area contributed by atoms with Crippen molar-refractivity contribution in [3.63, 3.8) is 0 Å². The number of rotatable bonds is 13. The zero-order valence-electron chi connectivity index (χ0n) is 26.6. The Morgan fingerprint density at radius 2 is 1.55 bits per heavy atom. The third kappa shape index (κ3) is 8.53. The Bertz CT molecular complexity index is 1780. The van der Waals surface area contributed by atoms with Crippen LogP contribution in [0.15, 0.2) is 108 Å². The topological polar surface area (TPSA) is 96.0 Å². The fourth-order valence-corrected chi connectivity index (χ4v) is 7.67. The number of anilines is 1. The van der Waals surface area contributed by atoms with Gasteiger partial charge in [-0.15, -0.1) is 0 Å². The fourth-order valence-electron chi connectivity index (χ4n) is 5.99. The maximum Gasteiger partial charge on any atom is 0.264 e. The number of amides is 2. The number of hydrogen-bond donors (Lipinski definition) is 1. The zero-order valence-corrected chi connectivity index (χ0v) is 28.2. The van der Waals surface area contributed by atoms with Gasteiger partial charge in [0.15, 0.2) is 0 Å². The number of halogens is 1. The number of nitrogens with zero attached hydrogens (tertiary/aromatic N) is 2. The maximum absolute atomic E-state index is 14.7. The molecule has 1 aliphatic rings. The molecule has 1 saturated carbocycles. The number of aryl methyl sites for hydroxylation is 1. The van der Waals surface area contributed by atoms with E-state index in [4.69, 9.17) is 16.3 Å². The van der Waals surface area contributed by atoms with Crippen molar-refractivity contribution in [1.29, 1.82) is 0 Å². The molecule has 246 valence electrons. The van der Waals surface area contributed by atoms with E-state index in [0.29, 0.717) is 5.75 Å². The number of methoxy groups -OCH3 is 1. The van der Waals surface area contributed by atoms with Gasteiger partial charge in [0.2, 0.25) is 11.8 Å². The van der Waals surface area contributed by atoms with Crippen molar-refractivity contribution in [3.8, 4) is 5.75 Å². The molecule has 0 spiro atoms. The molecule has 47 heavy (non-hydrogen) atoms. The Balaban J connectivity index is 1.58. The van der Waals surface area contributed by atoms with Crippen LogP contribution < -0.4 is 14.4 Å². The highest BCUT2D eigenvalue weighted by atomic mass is 35.5. The summed E-state index contributed by atoms with van der Waals surface area (Å²) >= 11 is 6.46. The molecule has 0 radical (unpaired) electrons. The van der Waals surface area contributed by atoms with E-state index in [1.165, 1.54) is 30.2 Å². The van der Waals surface area contributed by atoms with Gasteiger partial charge >= 0.3 is 0 Å². The van der Waals surface area contributed by atoms with Crippen molar-refractivity contribution in [2.45, 2.75) is 62.6 Å². The maximum atomic E-state index is 14.7. The molecule has 8 nitrogen and oxygen atoms in total. The molecule has 4 aromatic rings. The number of nitrogens with one attached hydrogen (secondary N) is 1. The first-order valence-corrected chi connectivity index (χ1v) is 17.6. The molecule has 0 aliphatic heterocycles. The molecule has 10 heteroatoms. The standard InChI is InChI=1S/C37H40ClN3O5S/c1-27-12-11-15-29(22-27)25-40(34(23-28-13-5-3-6-14-28)37(43)39-30-16-9-10-17-30)36(42)26-41(31-20-21-35(46-2)33(38)24-31)47(44,45)32-18-7-4-8-19-32/h3-8,11-15,18-22,24,30,34H,9-10,16-17,23,25-26H2,1-2H3,(H,39,43)/t34-/m1/s1. The Morgan fingerprint density at radius 1 is 0.894 bits per heavy atom. The molecular weight excluding hydrogens is 634 g/mol. The van der Waals surface area contributed by atoms with Crippen LogP contribution in [0.4, 0.5) is 5.69 Å². The second-order valence-electron chi connectivity index (χ2n) is 11.8. The van der Waals surface area contributed by atoms with Gasteiger partial charge in [-0.25, -0.2) is 8.42 Å². The van der Waals surface area contributed by atoms with Crippen molar-refractivity contribution in [2.75, 3.05) is 18.0 Å². The van der Waals surface area contributed by atoms with E-state index < -0.39 is 28.5 Å². The molecule has 2 amide bonds. The molecule has 0 bridgehead atoms. The average Bonchev–Trinajstić information content (AvgIpc) is 3.59. The minimum atomic E-state index is -4.24. The number of carbonyl (C=O) groups excluding carboxylic acids is 2. The van der Waals surface area contributed by atoms with Gasteiger partial charge in [-0.3, -0.25) is 13.9 Å². The van der Waals surface area contributed by atoms with Gasteiger partial charge in [0.25, 0.3) is 10.0 Å². The lowest BCUT2D eigenvalue weighted by atomic mass is 10.0. The van der Waals surface area contributed by atoms with Crippen LogP contribution in [-0.4, -0.2) is 50.9 Å². The van der Waals surface area contributed by atoms with Gasteiger partial charge in [0, 0.05) is 19.0 Å². The van der Waals surface area contributed by atoms with Crippen LogP contribution in [0.3, 0.4) is 0 Å². The number of benzene rings is 4. The average molecular weight is 674 g/mol. The third-order valence-electron chi connectivity index (χ3n) is 8.44. The Hall–Kier alpha value is -4.34. The lowest BCUT2D eigenvalue weighted by Gasteiger charge is -2.34. The first-order valence-electron chi connectivity index (χ1n) is 15.8. The Morgan fingerprint density at radius 3 is 2.19 bits per heavy atom. The van der Waals surface area contributed by atoms with Crippen LogP contribution in [0.2, 0.25) is 5.02 Å². The second-order valence-corrected chi connectivity index (χ2v) is 14.1. The van der Waals surface area contributed by atoms with Gasteiger partial charge < -0.3 is 15.0 Å². The molecule has 0 aromatic heterocycles. The van der Waals surface area contributed by atoms with E-state index in [9.17, 15) is 18.0 Å². The van der Waals surface area contributed by atoms with Crippen LogP contribution in [0.25, 0.3) is 0 Å². The van der Waals surface area contributed by atoms with Gasteiger partial charge in [0.1, 0.15) is 18.3 Å². The largest absolute Gasteiger partial charge is 0.495 e. The molecule has 4 aromatic carbocycles. The molecule has 0 saturated heterocycles. The fraction of sp³-hybridized carbons (Fsp3) is 0.297. The number of hydrogen-bond acceptors (Lipinski definition) is 5. The van der Waals surface area contributed by atoms with Gasteiger partial charge in [0.05, 0.1) is 22.7 Å². The summed E-state index contributed by atoms with van der Waals surface area (Å²) in [5, 5.41) is 3.39. The van der Waals surface area contributed by atoms with E-state index in [1.54, 1.807) is 30.3 Å². The van der Waals surface area contributed by atoms with E-state index in [-0.39, 0.29) is 40.5 Å². The molecule has 1 atom stereocenters. The van der Waals surface area contributed by atoms with Crippen LogP contribution >= 0.6 is 11.6 Å². The highest BCUT2D eigenvalue weighted by Crippen LogP contribution is 2.32. The molecule has 1 fully saturated rings. The molecule has 0 heterocycles. The van der Waals surface area contributed by atoms with Crippen molar-refractivity contribution >= 4 is 39.1 Å². The highest BCUT2D eigenvalue weighted by Gasteiger charge is 2.35. The Labute approximate surface area is 282 Å².